The van der Waals surface area contributed by atoms with Gasteiger partial charge in [0.2, 0.25) is 0 Å². The molecule has 28 heavy (non-hydrogen) atoms. The van der Waals surface area contributed by atoms with Crippen LogP contribution < -0.4 is 10.5 Å². The van der Waals surface area contributed by atoms with Crippen molar-refractivity contribution in [3.05, 3.63) is 59.2 Å². The molecule has 0 radical (unpaired) electrons. The Balaban J connectivity index is 0.00000280. The van der Waals surface area contributed by atoms with Gasteiger partial charge in [0.25, 0.3) is 15.9 Å². The quantitative estimate of drug-likeness (QED) is 0.790. The normalized spacial score (nSPS) is 17.0. The summed E-state index contributed by atoms with van der Waals surface area (Å²) in [6, 6.07) is 11.9. The molecule has 0 bridgehead atoms. The zero-order chi connectivity index (χ0) is 19.6. The lowest BCUT2D eigenvalue weighted by Crippen LogP contribution is -2.45. The summed E-state index contributed by atoms with van der Waals surface area (Å²) in [5.41, 5.74) is 8.10. The highest BCUT2D eigenvalue weighted by atomic mass is 35.5. The molecule has 1 atom stereocenters. The number of aryl methyl sites for hydroxylation is 2. The predicted octanol–water partition coefficient (Wildman–Crippen LogP) is 3.09. The topological polar surface area (TPSA) is 92.5 Å². The molecule has 0 spiro atoms. The van der Waals surface area contributed by atoms with Crippen molar-refractivity contribution in [1.29, 1.82) is 0 Å². The predicted molar refractivity (Wildman–Crippen MR) is 114 cm³/mol. The summed E-state index contributed by atoms with van der Waals surface area (Å²) in [5.74, 6) is -0.204. The van der Waals surface area contributed by atoms with Crippen LogP contribution in [0.3, 0.4) is 0 Å². The molecule has 1 aliphatic rings. The molecule has 6 nitrogen and oxygen atoms in total. The van der Waals surface area contributed by atoms with Gasteiger partial charge < -0.3 is 10.6 Å². The van der Waals surface area contributed by atoms with Crippen molar-refractivity contribution in [3.8, 4) is 0 Å². The molecule has 0 aliphatic carbocycles. The number of hydrogen-bond acceptors (Lipinski definition) is 4. The molecule has 3 N–H and O–H groups in total. The highest BCUT2D eigenvalue weighted by Gasteiger charge is 2.26. The van der Waals surface area contributed by atoms with Crippen LogP contribution in [-0.4, -0.2) is 38.4 Å². The number of likely N-dealkylation sites (tertiary alicyclic amines) is 1. The van der Waals surface area contributed by atoms with Crippen LogP contribution >= 0.6 is 12.4 Å². The maximum Gasteiger partial charge on any atom is 0.262 e. The molecule has 152 valence electrons. The smallest absolute Gasteiger partial charge is 0.262 e. The SMILES string of the molecule is Cc1ccc(C)c(S(=O)(=O)Nc2ccccc2C(=O)N2CCCC(N)C2)c1.Cl. The van der Waals surface area contributed by atoms with Gasteiger partial charge in [-0.05, 0) is 56.0 Å². The first-order valence-corrected chi connectivity index (χ1v) is 10.5. The Morgan fingerprint density at radius 2 is 1.89 bits per heavy atom. The van der Waals surface area contributed by atoms with Crippen molar-refractivity contribution in [1.82, 2.24) is 4.90 Å². The van der Waals surface area contributed by atoms with Gasteiger partial charge >= 0.3 is 0 Å². The number of hydrogen-bond donors (Lipinski definition) is 2. The van der Waals surface area contributed by atoms with Gasteiger partial charge in [-0.3, -0.25) is 9.52 Å². The van der Waals surface area contributed by atoms with Crippen molar-refractivity contribution in [2.45, 2.75) is 37.6 Å². The highest BCUT2D eigenvalue weighted by Crippen LogP contribution is 2.25. The number of anilines is 1. The Morgan fingerprint density at radius 3 is 2.61 bits per heavy atom. The molecule has 1 heterocycles. The minimum Gasteiger partial charge on any atom is -0.337 e. The van der Waals surface area contributed by atoms with Gasteiger partial charge in [0.05, 0.1) is 16.1 Å². The Bertz CT molecular complexity index is 963. The van der Waals surface area contributed by atoms with E-state index in [0.717, 1.165) is 18.4 Å². The Labute approximate surface area is 172 Å². The van der Waals surface area contributed by atoms with E-state index in [1.54, 1.807) is 48.2 Å². The van der Waals surface area contributed by atoms with Crippen LogP contribution in [0.4, 0.5) is 5.69 Å². The van der Waals surface area contributed by atoms with Crippen LogP contribution in [0.1, 0.15) is 34.3 Å². The van der Waals surface area contributed by atoms with E-state index in [1.165, 1.54) is 0 Å². The van der Waals surface area contributed by atoms with Gasteiger partial charge in [0, 0.05) is 19.1 Å². The number of halogens is 1. The van der Waals surface area contributed by atoms with E-state index in [4.69, 9.17) is 5.73 Å². The maximum atomic E-state index is 12.9. The van der Waals surface area contributed by atoms with Crippen LogP contribution in [-0.2, 0) is 10.0 Å². The van der Waals surface area contributed by atoms with E-state index in [2.05, 4.69) is 4.72 Å². The first-order valence-electron chi connectivity index (χ1n) is 9.02. The first-order chi connectivity index (χ1) is 12.8. The van der Waals surface area contributed by atoms with E-state index < -0.39 is 10.0 Å². The van der Waals surface area contributed by atoms with Crippen molar-refractivity contribution in [2.75, 3.05) is 17.8 Å². The summed E-state index contributed by atoms with van der Waals surface area (Å²) in [4.78, 5) is 14.9. The molecule has 1 fully saturated rings. The van der Waals surface area contributed by atoms with Crippen LogP contribution in [0.25, 0.3) is 0 Å². The van der Waals surface area contributed by atoms with E-state index >= 15 is 0 Å². The van der Waals surface area contributed by atoms with Gasteiger partial charge in [-0.1, -0.05) is 24.3 Å². The zero-order valence-corrected chi connectivity index (χ0v) is 17.6. The lowest BCUT2D eigenvalue weighted by molar-refractivity contribution is 0.0710. The number of para-hydroxylation sites is 1. The van der Waals surface area contributed by atoms with Crippen LogP contribution in [0.2, 0.25) is 0 Å². The summed E-state index contributed by atoms with van der Waals surface area (Å²) < 4.78 is 28.4. The molecule has 1 aliphatic heterocycles. The molecule has 0 aromatic heterocycles. The van der Waals surface area contributed by atoms with Gasteiger partial charge in [0.15, 0.2) is 0 Å². The van der Waals surface area contributed by atoms with Crippen molar-refractivity contribution >= 4 is 34.0 Å². The average molecular weight is 424 g/mol. The molecule has 8 heteroatoms. The number of amides is 1. The van der Waals surface area contributed by atoms with E-state index in [9.17, 15) is 13.2 Å². The fourth-order valence-corrected chi connectivity index (χ4v) is 4.73. The monoisotopic (exact) mass is 423 g/mol. The summed E-state index contributed by atoms with van der Waals surface area (Å²) in [6.45, 7) is 4.71. The van der Waals surface area contributed by atoms with E-state index in [-0.39, 0.29) is 34.9 Å². The molecule has 0 saturated carbocycles. The van der Waals surface area contributed by atoms with E-state index in [1.807, 2.05) is 13.0 Å². The van der Waals surface area contributed by atoms with Gasteiger partial charge in [-0.15, -0.1) is 12.4 Å². The molecule has 1 unspecified atom stereocenters. The maximum absolute atomic E-state index is 12.9. The number of nitrogens with two attached hydrogens (primary N) is 1. The van der Waals surface area contributed by atoms with Crippen LogP contribution in [0.5, 0.6) is 0 Å². The fourth-order valence-electron chi connectivity index (χ4n) is 3.32. The minimum atomic E-state index is -3.81. The second-order valence-electron chi connectivity index (χ2n) is 7.07. The minimum absolute atomic E-state index is 0. The number of benzene rings is 2. The van der Waals surface area contributed by atoms with Gasteiger partial charge in [-0.25, -0.2) is 8.42 Å². The number of sulfonamides is 1. The molecule has 2 aromatic carbocycles. The molecule has 1 saturated heterocycles. The fraction of sp³-hybridized carbons (Fsp3) is 0.350. The third-order valence-corrected chi connectivity index (χ3v) is 6.29. The average Bonchev–Trinajstić information content (AvgIpc) is 2.63. The first kappa shape index (κ1) is 22.2. The number of nitrogens with one attached hydrogen (secondary N) is 1. The molecule has 3 rings (SSSR count). The summed E-state index contributed by atoms with van der Waals surface area (Å²) in [6.07, 6.45) is 1.74. The van der Waals surface area contributed by atoms with Crippen molar-refractivity contribution in [2.24, 2.45) is 5.73 Å². The summed E-state index contributed by atoms with van der Waals surface area (Å²) in [5, 5.41) is 0. The Morgan fingerprint density at radius 1 is 1.18 bits per heavy atom. The van der Waals surface area contributed by atoms with Crippen LogP contribution in [0, 0.1) is 13.8 Å². The Kier molecular flexibility index (Phi) is 7.09. The lowest BCUT2D eigenvalue weighted by Gasteiger charge is -2.31. The largest absolute Gasteiger partial charge is 0.337 e. The Hall–Kier alpha value is -2.09. The van der Waals surface area contributed by atoms with Gasteiger partial charge in [-0.2, -0.15) is 0 Å². The van der Waals surface area contributed by atoms with Crippen LogP contribution in [0.15, 0.2) is 47.4 Å². The van der Waals surface area contributed by atoms with E-state index in [0.29, 0.717) is 24.2 Å². The standard InChI is InChI=1S/C20H25N3O3S.ClH/c1-14-9-10-15(2)19(12-14)27(25,26)22-18-8-4-3-7-17(18)20(24)23-11-5-6-16(21)13-23;/h3-4,7-10,12,16,22H,5-6,11,13,21H2,1-2H3;1H. The van der Waals surface area contributed by atoms with Crippen molar-refractivity contribution < 1.29 is 13.2 Å². The third-order valence-electron chi connectivity index (χ3n) is 4.78. The molecular formula is C20H26ClN3O3S. The number of carbonyl (C=O) groups excluding carboxylic acids is 1. The second-order valence-corrected chi connectivity index (χ2v) is 8.72. The van der Waals surface area contributed by atoms with Crippen molar-refractivity contribution in [3.63, 3.8) is 0 Å². The summed E-state index contributed by atoms with van der Waals surface area (Å²) in [7, 11) is -3.81. The number of piperidine rings is 1. The number of carbonyl (C=O) groups is 1. The van der Waals surface area contributed by atoms with Gasteiger partial charge in [0.1, 0.15) is 0 Å². The highest BCUT2D eigenvalue weighted by molar-refractivity contribution is 7.92. The number of nitrogens with zero attached hydrogens (tertiary/aromatic N) is 1. The molecular weight excluding hydrogens is 398 g/mol. The molecule has 1 amide bonds. The molecule has 2 aromatic rings. The summed E-state index contributed by atoms with van der Waals surface area (Å²) >= 11 is 0. The third kappa shape index (κ3) is 4.84. The lowest BCUT2D eigenvalue weighted by atomic mass is 10.0. The second kappa shape index (κ2) is 8.94. The zero-order valence-electron chi connectivity index (χ0n) is 16.0. The number of rotatable bonds is 4.